The van der Waals surface area contributed by atoms with Crippen molar-refractivity contribution >= 4 is 42.6 Å². The summed E-state index contributed by atoms with van der Waals surface area (Å²) in [5.41, 5.74) is 0.854. The zero-order valence-electron chi connectivity index (χ0n) is 19.9. The first-order valence-electron chi connectivity index (χ1n) is 11.7. The summed E-state index contributed by atoms with van der Waals surface area (Å²) in [5.74, 6) is -0.522. The number of piperazine rings is 1. The number of nitrogens with one attached hydrogen (secondary N) is 1. The largest absolute Gasteiger partial charge is 0.351 e. The second-order valence-corrected chi connectivity index (χ2v) is 11.2. The molecule has 0 aliphatic carbocycles. The minimum absolute atomic E-state index is 0.187. The summed E-state index contributed by atoms with van der Waals surface area (Å²) < 4.78 is 41.4. The molecule has 1 N–H and O–H groups in total. The van der Waals surface area contributed by atoms with Crippen molar-refractivity contribution in [3.8, 4) is 0 Å². The van der Waals surface area contributed by atoms with Gasteiger partial charge in [0.15, 0.2) is 5.13 Å². The summed E-state index contributed by atoms with van der Waals surface area (Å²) in [6.07, 6.45) is 0. The number of rotatable bonds is 9. The molecule has 1 saturated heterocycles. The average molecular weight is 520 g/mol. The van der Waals surface area contributed by atoms with Crippen LogP contribution in [0.4, 0.5) is 9.52 Å². The summed E-state index contributed by atoms with van der Waals surface area (Å²) in [7, 11) is -3.54. The third-order valence-electron chi connectivity index (χ3n) is 6.17. The van der Waals surface area contributed by atoms with Crippen LogP contribution in [0.5, 0.6) is 0 Å². The highest BCUT2D eigenvalue weighted by molar-refractivity contribution is 7.89. The smallest absolute Gasteiger partial charge is 0.251 e. The fourth-order valence-corrected chi connectivity index (χ4v) is 6.61. The topological polar surface area (TPSA) is 85.8 Å². The fourth-order valence-electron chi connectivity index (χ4n) is 4.12. The zero-order valence-corrected chi connectivity index (χ0v) is 21.5. The highest BCUT2D eigenvalue weighted by atomic mass is 32.2. The van der Waals surface area contributed by atoms with Gasteiger partial charge in [0.25, 0.3) is 5.91 Å². The van der Waals surface area contributed by atoms with Gasteiger partial charge in [-0.25, -0.2) is 17.8 Å². The first kappa shape index (κ1) is 25.5. The molecule has 2 aromatic carbocycles. The molecule has 35 heavy (non-hydrogen) atoms. The molecule has 1 aliphatic heterocycles. The Kier molecular flexibility index (Phi) is 8.00. The SMILES string of the molecule is CCN(CC)S(=O)(=O)c1ccc(C(=O)NCCN2CCN(c3nc4c(F)cccc4s3)CC2)cc1. The Balaban J connectivity index is 1.24. The van der Waals surface area contributed by atoms with Gasteiger partial charge in [-0.3, -0.25) is 9.69 Å². The van der Waals surface area contributed by atoms with Gasteiger partial charge in [0.2, 0.25) is 10.0 Å². The Labute approximate surface area is 209 Å². The standard InChI is InChI=1S/C24H30FN5O3S2/c1-3-30(4-2)35(32,33)19-10-8-18(9-11-19)23(31)26-12-13-28-14-16-29(17-15-28)24-27-22-20(25)6-5-7-21(22)34-24/h5-11H,3-4,12-17H2,1-2H3,(H,26,31). The van der Waals surface area contributed by atoms with Crippen LogP contribution >= 0.6 is 11.3 Å². The van der Waals surface area contributed by atoms with Crippen LogP contribution in [0, 0.1) is 5.82 Å². The van der Waals surface area contributed by atoms with Gasteiger partial charge in [0, 0.05) is 57.9 Å². The molecule has 2 heterocycles. The van der Waals surface area contributed by atoms with Gasteiger partial charge in [-0.1, -0.05) is 31.3 Å². The predicted molar refractivity (Wildman–Crippen MR) is 137 cm³/mol. The molecule has 1 aromatic heterocycles. The lowest BCUT2D eigenvalue weighted by atomic mass is 10.2. The molecular weight excluding hydrogens is 489 g/mol. The normalized spacial score (nSPS) is 15.1. The first-order valence-corrected chi connectivity index (χ1v) is 14.0. The molecule has 0 saturated carbocycles. The van der Waals surface area contributed by atoms with E-state index in [9.17, 15) is 17.6 Å². The number of aromatic nitrogens is 1. The van der Waals surface area contributed by atoms with E-state index < -0.39 is 10.0 Å². The Morgan fingerprint density at radius 2 is 1.77 bits per heavy atom. The van der Waals surface area contributed by atoms with E-state index in [4.69, 9.17) is 0 Å². The Morgan fingerprint density at radius 3 is 2.40 bits per heavy atom. The molecular formula is C24H30FN5O3S2. The highest BCUT2D eigenvalue weighted by Crippen LogP contribution is 2.30. The van der Waals surface area contributed by atoms with Crippen molar-refractivity contribution < 1.29 is 17.6 Å². The van der Waals surface area contributed by atoms with Crippen LogP contribution < -0.4 is 10.2 Å². The van der Waals surface area contributed by atoms with Crippen molar-refractivity contribution in [2.45, 2.75) is 18.7 Å². The number of anilines is 1. The van der Waals surface area contributed by atoms with Crippen molar-refractivity contribution in [3.63, 3.8) is 0 Å². The van der Waals surface area contributed by atoms with Crippen molar-refractivity contribution in [1.29, 1.82) is 0 Å². The molecule has 4 rings (SSSR count). The molecule has 8 nitrogen and oxygen atoms in total. The number of nitrogens with zero attached hydrogens (tertiary/aromatic N) is 4. The summed E-state index contributed by atoms with van der Waals surface area (Å²) in [6, 6.07) is 11.1. The molecule has 1 aliphatic rings. The number of carbonyl (C=O) groups is 1. The van der Waals surface area contributed by atoms with E-state index >= 15 is 0 Å². The number of halogens is 1. The van der Waals surface area contributed by atoms with Crippen molar-refractivity contribution in [3.05, 3.63) is 53.8 Å². The monoisotopic (exact) mass is 519 g/mol. The number of fused-ring (bicyclic) bond motifs is 1. The Morgan fingerprint density at radius 1 is 1.09 bits per heavy atom. The zero-order chi connectivity index (χ0) is 25.0. The highest BCUT2D eigenvalue weighted by Gasteiger charge is 2.22. The van der Waals surface area contributed by atoms with E-state index in [1.54, 1.807) is 32.0 Å². The van der Waals surface area contributed by atoms with Crippen LogP contribution in [-0.2, 0) is 10.0 Å². The van der Waals surface area contributed by atoms with E-state index in [0.717, 1.165) is 36.0 Å². The van der Waals surface area contributed by atoms with Gasteiger partial charge in [-0.2, -0.15) is 4.31 Å². The van der Waals surface area contributed by atoms with E-state index in [2.05, 4.69) is 20.1 Å². The molecule has 11 heteroatoms. The molecule has 188 valence electrons. The van der Waals surface area contributed by atoms with Crippen LogP contribution in [0.25, 0.3) is 10.2 Å². The van der Waals surface area contributed by atoms with Gasteiger partial charge >= 0.3 is 0 Å². The summed E-state index contributed by atoms with van der Waals surface area (Å²) >= 11 is 1.50. The molecule has 3 aromatic rings. The molecule has 1 fully saturated rings. The van der Waals surface area contributed by atoms with Crippen LogP contribution in [0.15, 0.2) is 47.4 Å². The molecule has 0 spiro atoms. The van der Waals surface area contributed by atoms with Gasteiger partial charge in [0.05, 0.1) is 9.60 Å². The Bertz CT molecular complexity index is 1270. The maximum Gasteiger partial charge on any atom is 0.251 e. The summed E-state index contributed by atoms with van der Waals surface area (Å²) in [4.78, 5) is 21.6. The molecule has 0 atom stereocenters. The quantitative estimate of drug-likeness (QED) is 0.468. The number of hydrogen-bond acceptors (Lipinski definition) is 7. The number of carbonyl (C=O) groups excluding carboxylic acids is 1. The lowest BCUT2D eigenvalue weighted by Crippen LogP contribution is -2.48. The van der Waals surface area contributed by atoms with Gasteiger partial charge in [0.1, 0.15) is 11.3 Å². The second kappa shape index (κ2) is 11.0. The molecule has 0 bridgehead atoms. The minimum Gasteiger partial charge on any atom is -0.351 e. The van der Waals surface area contributed by atoms with Gasteiger partial charge in [-0.15, -0.1) is 0 Å². The number of thiazole rings is 1. The fraction of sp³-hybridized carbons (Fsp3) is 0.417. The number of benzene rings is 2. The summed E-state index contributed by atoms with van der Waals surface area (Å²) in [5, 5.41) is 3.75. The first-order chi connectivity index (χ1) is 16.8. The minimum atomic E-state index is -3.54. The van der Waals surface area contributed by atoms with Crippen LogP contribution in [0.2, 0.25) is 0 Å². The van der Waals surface area contributed by atoms with Crippen LogP contribution in [0.3, 0.4) is 0 Å². The number of sulfonamides is 1. The average Bonchev–Trinajstić information content (AvgIpc) is 3.31. The lowest BCUT2D eigenvalue weighted by molar-refractivity contribution is 0.0947. The molecule has 0 radical (unpaired) electrons. The lowest BCUT2D eigenvalue weighted by Gasteiger charge is -2.34. The number of hydrogen-bond donors (Lipinski definition) is 1. The maximum atomic E-state index is 13.9. The third kappa shape index (κ3) is 5.64. The van der Waals surface area contributed by atoms with Crippen molar-refractivity contribution in [1.82, 2.24) is 19.5 Å². The van der Waals surface area contributed by atoms with Gasteiger partial charge < -0.3 is 10.2 Å². The Hall–Kier alpha value is -2.60. The predicted octanol–water partition coefficient (Wildman–Crippen LogP) is 3.02. The number of para-hydroxylation sites is 1. The molecule has 1 amide bonds. The number of amides is 1. The van der Waals surface area contributed by atoms with Gasteiger partial charge in [-0.05, 0) is 36.4 Å². The van der Waals surface area contributed by atoms with Crippen molar-refractivity contribution in [2.75, 3.05) is 57.3 Å². The second-order valence-electron chi connectivity index (χ2n) is 8.28. The van der Waals surface area contributed by atoms with E-state index in [1.165, 1.54) is 33.8 Å². The third-order valence-corrected chi connectivity index (χ3v) is 9.32. The summed E-state index contributed by atoms with van der Waals surface area (Å²) in [6.45, 7) is 8.82. The molecule has 0 unspecified atom stereocenters. The van der Waals surface area contributed by atoms with Crippen LogP contribution in [0.1, 0.15) is 24.2 Å². The van der Waals surface area contributed by atoms with Crippen LogP contribution in [-0.4, -0.2) is 80.9 Å². The van der Waals surface area contributed by atoms with Crippen molar-refractivity contribution in [2.24, 2.45) is 0 Å². The van der Waals surface area contributed by atoms with E-state index in [-0.39, 0.29) is 16.6 Å². The van der Waals surface area contributed by atoms with E-state index in [1.807, 2.05) is 6.07 Å². The van der Waals surface area contributed by atoms with E-state index in [0.29, 0.717) is 37.3 Å². The maximum absolute atomic E-state index is 13.9.